The summed E-state index contributed by atoms with van der Waals surface area (Å²) in [5.74, 6) is 0.140. The summed E-state index contributed by atoms with van der Waals surface area (Å²) in [6.07, 6.45) is 3.29. The summed E-state index contributed by atoms with van der Waals surface area (Å²) in [5, 5.41) is 3.49. The molecule has 0 aliphatic rings. The largest absolute Gasteiger partial charge is 0.322 e. The lowest BCUT2D eigenvalue weighted by Gasteiger charge is -2.09. The van der Waals surface area contributed by atoms with E-state index in [9.17, 15) is 4.79 Å². The number of anilines is 1. The van der Waals surface area contributed by atoms with Gasteiger partial charge in [0.05, 0.1) is 5.56 Å². The van der Waals surface area contributed by atoms with Gasteiger partial charge in [0.25, 0.3) is 5.91 Å². The summed E-state index contributed by atoms with van der Waals surface area (Å²) in [6.45, 7) is 4.25. The number of halogens is 1. The van der Waals surface area contributed by atoms with Gasteiger partial charge in [-0.25, -0.2) is 9.97 Å². The molecule has 0 atom stereocenters. The molecule has 0 unspecified atom stereocenters. The Morgan fingerprint density at radius 3 is 2.48 bits per heavy atom. The molecular formula is C15H16ClN3OS. The fourth-order valence-electron chi connectivity index (χ4n) is 1.75. The second-order valence-corrected chi connectivity index (χ2v) is 5.92. The van der Waals surface area contributed by atoms with Crippen molar-refractivity contribution in [3.05, 3.63) is 46.7 Å². The van der Waals surface area contributed by atoms with Crippen LogP contribution in [0, 0.1) is 0 Å². The van der Waals surface area contributed by atoms with E-state index in [0.717, 1.165) is 5.69 Å². The molecule has 1 amide bonds. The standard InChI is InChI=1S/C15H16ClN3OS/c1-9(2)10-4-6-11(7-5-10)18-14(20)12-8-17-15(21-3)19-13(12)16/h4-9H,1-3H3,(H,18,20). The van der Waals surface area contributed by atoms with Crippen molar-refractivity contribution in [1.29, 1.82) is 0 Å². The Bertz CT molecular complexity index is 644. The van der Waals surface area contributed by atoms with E-state index in [4.69, 9.17) is 11.6 Å². The van der Waals surface area contributed by atoms with E-state index < -0.39 is 0 Å². The van der Waals surface area contributed by atoms with Crippen LogP contribution in [0.15, 0.2) is 35.6 Å². The van der Waals surface area contributed by atoms with Crippen molar-refractivity contribution < 1.29 is 4.79 Å². The van der Waals surface area contributed by atoms with Crippen LogP contribution in [0.25, 0.3) is 0 Å². The highest BCUT2D eigenvalue weighted by Crippen LogP contribution is 2.20. The van der Waals surface area contributed by atoms with E-state index >= 15 is 0 Å². The molecule has 0 radical (unpaired) electrons. The zero-order valence-corrected chi connectivity index (χ0v) is 13.6. The molecule has 0 bridgehead atoms. The highest BCUT2D eigenvalue weighted by molar-refractivity contribution is 7.98. The van der Waals surface area contributed by atoms with Gasteiger partial charge in [-0.3, -0.25) is 4.79 Å². The second-order valence-electron chi connectivity index (χ2n) is 4.79. The lowest BCUT2D eigenvalue weighted by Crippen LogP contribution is -2.13. The second kappa shape index (κ2) is 6.91. The Morgan fingerprint density at radius 1 is 1.29 bits per heavy atom. The topological polar surface area (TPSA) is 54.9 Å². The summed E-state index contributed by atoms with van der Waals surface area (Å²) in [5.41, 5.74) is 2.20. The fraction of sp³-hybridized carbons (Fsp3) is 0.267. The number of nitrogens with zero attached hydrogens (tertiary/aromatic N) is 2. The van der Waals surface area contributed by atoms with Gasteiger partial charge in [0.1, 0.15) is 5.15 Å². The Balaban J connectivity index is 2.14. The van der Waals surface area contributed by atoms with E-state index in [2.05, 4.69) is 29.1 Å². The third-order valence-corrected chi connectivity index (χ3v) is 3.83. The van der Waals surface area contributed by atoms with Crippen LogP contribution in [0.3, 0.4) is 0 Å². The Morgan fingerprint density at radius 2 is 1.95 bits per heavy atom. The van der Waals surface area contributed by atoms with Crippen LogP contribution in [0.1, 0.15) is 35.7 Å². The summed E-state index contributed by atoms with van der Waals surface area (Å²) >= 11 is 7.38. The maximum absolute atomic E-state index is 12.2. The number of hydrogen-bond donors (Lipinski definition) is 1. The number of thioether (sulfide) groups is 1. The van der Waals surface area contributed by atoms with Gasteiger partial charge in [0.15, 0.2) is 5.16 Å². The van der Waals surface area contributed by atoms with Crippen molar-refractivity contribution in [2.24, 2.45) is 0 Å². The van der Waals surface area contributed by atoms with Gasteiger partial charge in [-0.15, -0.1) is 0 Å². The molecule has 0 saturated heterocycles. The van der Waals surface area contributed by atoms with E-state index in [1.807, 2.05) is 30.5 Å². The minimum absolute atomic E-state index is 0.158. The van der Waals surface area contributed by atoms with Gasteiger partial charge in [0, 0.05) is 11.9 Å². The van der Waals surface area contributed by atoms with Crippen molar-refractivity contribution in [1.82, 2.24) is 9.97 Å². The number of carbonyl (C=O) groups is 1. The molecular weight excluding hydrogens is 306 g/mol. The molecule has 2 aromatic rings. The van der Waals surface area contributed by atoms with E-state index in [0.29, 0.717) is 11.1 Å². The fourth-order valence-corrected chi connectivity index (χ4v) is 2.35. The highest BCUT2D eigenvalue weighted by Gasteiger charge is 2.13. The lowest BCUT2D eigenvalue weighted by molar-refractivity contribution is 0.102. The first-order valence-electron chi connectivity index (χ1n) is 6.49. The van der Waals surface area contributed by atoms with Gasteiger partial charge < -0.3 is 5.32 Å². The minimum Gasteiger partial charge on any atom is -0.322 e. The molecule has 1 aromatic carbocycles. The zero-order chi connectivity index (χ0) is 15.4. The summed E-state index contributed by atoms with van der Waals surface area (Å²) in [4.78, 5) is 20.3. The molecule has 0 aliphatic carbocycles. The molecule has 4 nitrogen and oxygen atoms in total. The van der Waals surface area contributed by atoms with Crippen LogP contribution in [0.2, 0.25) is 5.15 Å². The molecule has 1 N–H and O–H groups in total. The molecule has 6 heteroatoms. The summed E-state index contributed by atoms with van der Waals surface area (Å²) in [6, 6.07) is 7.74. The van der Waals surface area contributed by atoms with Gasteiger partial charge in [-0.05, 0) is 29.9 Å². The zero-order valence-electron chi connectivity index (χ0n) is 12.1. The number of nitrogens with one attached hydrogen (secondary N) is 1. The molecule has 0 fully saturated rings. The normalized spacial score (nSPS) is 10.7. The number of rotatable bonds is 4. The summed E-state index contributed by atoms with van der Waals surface area (Å²) in [7, 11) is 0. The highest BCUT2D eigenvalue weighted by atomic mass is 35.5. The quantitative estimate of drug-likeness (QED) is 0.520. The molecule has 0 spiro atoms. The van der Waals surface area contributed by atoms with Crippen LogP contribution in [-0.4, -0.2) is 22.1 Å². The van der Waals surface area contributed by atoms with Crippen molar-refractivity contribution >= 4 is 35.0 Å². The Hall–Kier alpha value is -1.59. The molecule has 1 aromatic heterocycles. The first-order valence-corrected chi connectivity index (χ1v) is 8.09. The molecule has 0 aliphatic heterocycles. The number of benzene rings is 1. The third-order valence-electron chi connectivity index (χ3n) is 2.98. The van der Waals surface area contributed by atoms with E-state index in [-0.39, 0.29) is 16.6 Å². The third kappa shape index (κ3) is 3.95. The van der Waals surface area contributed by atoms with Gasteiger partial charge >= 0.3 is 0 Å². The number of carbonyl (C=O) groups excluding carboxylic acids is 1. The molecule has 1 heterocycles. The molecule has 110 valence electrons. The average molecular weight is 322 g/mol. The van der Waals surface area contributed by atoms with Crippen LogP contribution in [0.5, 0.6) is 0 Å². The van der Waals surface area contributed by atoms with E-state index in [1.54, 1.807) is 0 Å². The van der Waals surface area contributed by atoms with Crippen LogP contribution in [0.4, 0.5) is 5.69 Å². The molecule has 21 heavy (non-hydrogen) atoms. The molecule has 2 rings (SSSR count). The van der Waals surface area contributed by atoms with E-state index in [1.165, 1.54) is 23.5 Å². The predicted molar refractivity (Wildman–Crippen MR) is 87.3 cm³/mol. The SMILES string of the molecule is CSc1ncc(C(=O)Nc2ccc(C(C)C)cc2)c(Cl)n1. The number of amides is 1. The molecule has 0 saturated carbocycles. The Labute approximate surface area is 133 Å². The van der Waals surface area contributed by atoms with Gasteiger partial charge in [0.2, 0.25) is 0 Å². The predicted octanol–water partition coefficient (Wildman–Crippen LogP) is 4.23. The average Bonchev–Trinajstić information content (AvgIpc) is 2.47. The van der Waals surface area contributed by atoms with Crippen molar-refractivity contribution in [2.45, 2.75) is 24.9 Å². The van der Waals surface area contributed by atoms with Gasteiger partial charge in [-0.1, -0.05) is 49.3 Å². The first kappa shape index (κ1) is 15.8. The van der Waals surface area contributed by atoms with Crippen LogP contribution >= 0.6 is 23.4 Å². The maximum Gasteiger partial charge on any atom is 0.260 e. The van der Waals surface area contributed by atoms with Crippen molar-refractivity contribution in [3.8, 4) is 0 Å². The number of aromatic nitrogens is 2. The minimum atomic E-state index is -0.315. The van der Waals surface area contributed by atoms with Crippen LogP contribution < -0.4 is 5.32 Å². The summed E-state index contributed by atoms with van der Waals surface area (Å²) < 4.78 is 0. The lowest BCUT2D eigenvalue weighted by atomic mass is 10.0. The van der Waals surface area contributed by atoms with Crippen molar-refractivity contribution in [2.75, 3.05) is 11.6 Å². The monoisotopic (exact) mass is 321 g/mol. The first-order chi connectivity index (χ1) is 10.0. The van der Waals surface area contributed by atoms with Crippen LogP contribution in [-0.2, 0) is 0 Å². The smallest absolute Gasteiger partial charge is 0.260 e. The van der Waals surface area contributed by atoms with Crippen molar-refractivity contribution in [3.63, 3.8) is 0 Å². The maximum atomic E-state index is 12.2. The number of hydrogen-bond acceptors (Lipinski definition) is 4. The van der Waals surface area contributed by atoms with Gasteiger partial charge in [-0.2, -0.15) is 0 Å². The Kier molecular flexibility index (Phi) is 5.20.